The molecule has 0 unspecified atom stereocenters. The first-order valence-corrected chi connectivity index (χ1v) is 7.27. The van der Waals surface area contributed by atoms with Gasteiger partial charge in [0.15, 0.2) is 0 Å². The van der Waals surface area contributed by atoms with Crippen LogP contribution in [0.1, 0.15) is 47.3 Å². The molecule has 1 amide bonds. The Hall–Kier alpha value is -1.81. The second-order valence-corrected chi connectivity index (χ2v) is 5.88. The highest BCUT2D eigenvalue weighted by molar-refractivity contribution is 6.30. The van der Waals surface area contributed by atoms with Crippen LogP contribution in [0.15, 0.2) is 28.8 Å². The highest BCUT2D eigenvalue weighted by Gasteiger charge is 2.23. The third-order valence-corrected chi connectivity index (χ3v) is 3.69. The first kappa shape index (κ1) is 15.6. The van der Waals surface area contributed by atoms with Gasteiger partial charge >= 0.3 is 0 Å². The van der Waals surface area contributed by atoms with Gasteiger partial charge in [0, 0.05) is 5.02 Å². The number of carbonyl (C=O) groups is 1. The Morgan fingerprint density at radius 3 is 2.33 bits per heavy atom. The fourth-order valence-corrected chi connectivity index (χ4v) is 2.45. The topological polar surface area (TPSA) is 55.1 Å². The summed E-state index contributed by atoms with van der Waals surface area (Å²) < 4.78 is 5.05. The average Bonchev–Trinajstić information content (AvgIpc) is 2.76. The maximum atomic E-state index is 12.5. The summed E-state index contributed by atoms with van der Waals surface area (Å²) >= 11 is 5.92. The van der Waals surface area contributed by atoms with Crippen LogP contribution in [-0.4, -0.2) is 11.1 Å². The van der Waals surface area contributed by atoms with Gasteiger partial charge in [-0.3, -0.25) is 4.79 Å². The van der Waals surface area contributed by atoms with E-state index in [0.29, 0.717) is 22.0 Å². The zero-order valence-corrected chi connectivity index (χ0v) is 13.4. The molecule has 0 fully saturated rings. The number of hydrogen-bond donors (Lipinski definition) is 1. The number of carbonyl (C=O) groups excluding carboxylic acids is 1. The van der Waals surface area contributed by atoms with Crippen molar-refractivity contribution in [2.45, 2.75) is 33.7 Å². The van der Waals surface area contributed by atoms with E-state index in [1.165, 1.54) is 0 Å². The van der Waals surface area contributed by atoms with Crippen molar-refractivity contribution in [3.8, 4) is 0 Å². The Bertz CT molecular complexity index is 613. The lowest BCUT2D eigenvalue weighted by molar-refractivity contribution is 0.0923. The molecule has 0 saturated carbocycles. The minimum absolute atomic E-state index is 0.0940. The Balaban J connectivity index is 2.25. The summed E-state index contributed by atoms with van der Waals surface area (Å²) in [4.78, 5) is 12.5. The van der Waals surface area contributed by atoms with Crippen LogP contribution in [0.2, 0.25) is 5.02 Å². The molecule has 0 bridgehead atoms. The first-order chi connectivity index (χ1) is 9.90. The van der Waals surface area contributed by atoms with E-state index >= 15 is 0 Å². The highest BCUT2D eigenvalue weighted by Crippen LogP contribution is 2.24. The lowest BCUT2D eigenvalue weighted by atomic mass is 9.95. The van der Waals surface area contributed by atoms with Gasteiger partial charge in [-0.1, -0.05) is 42.7 Å². The summed E-state index contributed by atoms with van der Waals surface area (Å²) in [6.07, 6.45) is 0. The summed E-state index contributed by atoms with van der Waals surface area (Å²) in [6.45, 7) is 7.62. The largest absolute Gasteiger partial charge is 0.361 e. The summed E-state index contributed by atoms with van der Waals surface area (Å²) in [7, 11) is 0. The Labute approximate surface area is 129 Å². The molecule has 0 aliphatic heterocycles. The Morgan fingerprint density at radius 1 is 1.24 bits per heavy atom. The van der Waals surface area contributed by atoms with Gasteiger partial charge < -0.3 is 9.84 Å². The van der Waals surface area contributed by atoms with Crippen molar-refractivity contribution in [1.82, 2.24) is 10.5 Å². The third-order valence-electron chi connectivity index (χ3n) is 3.44. The van der Waals surface area contributed by atoms with Crippen LogP contribution in [0.25, 0.3) is 0 Å². The maximum absolute atomic E-state index is 12.5. The van der Waals surface area contributed by atoms with Crippen molar-refractivity contribution in [1.29, 1.82) is 0 Å². The minimum Gasteiger partial charge on any atom is -0.361 e. The van der Waals surface area contributed by atoms with Crippen molar-refractivity contribution in [3.63, 3.8) is 0 Å². The summed E-state index contributed by atoms with van der Waals surface area (Å²) in [6, 6.07) is 7.42. The number of halogens is 1. The van der Waals surface area contributed by atoms with E-state index in [2.05, 4.69) is 24.3 Å². The van der Waals surface area contributed by atoms with Crippen molar-refractivity contribution in [2.75, 3.05) is 0 Å². The van der Waals surface area contributed by atoms with Gasteiger partial charge in [0.05, 0.1) is 11.7 Å². The second kappa shape index (κ2) is 6.31. The number of amides is 1. The molecule has 21 heavy (non-hydrogen) atoms. The number of hydrogen-bond acceptors (Lipinski definition) is 3. The molecule has 1 heterocycles. The molecule has 0 radical (unpaired) electrons. The zero-order valence-electron chi connectivity index (χ0n) is 12.6. The lowest BCUT2D eigenvalue weighted by Gasteiger charge is -2.23. The minimum atomic E-state index is -0.167. The lowest BCUT2D eigenvalue weighted by Crippen LogP contribution is -2.32. The number of rotatable bonds is 4. The molecule has 0 saturated heterocycles. The van der Waals surface area contributed by atoms with Gasteiger partial charge in [-0.25, -0.2) is 0 Å². The fraction of sp³-hybridized carbons (Fsp3) is 0.375. The molecule has 112 valence electrons. The van der Waals surface area contributed by atoms with Gasteiger partial charge in [0.1, 0.15) is 11.3 Å². The SMILES string of the molecule is Cc1noc(C)c1C(=O)N[C@H](c1ccc(Cl)cc1)C(C)C. The molecule has 0 aliphatic carbocycles. The molecule has 0 aliphatic rings. The monoisotopic (exact) mass is 306 g/mol. The van der Waals surface area contributed by atoms with Gasteiger partial charge in [-0.2, -0.15) is 0 Å². The summed E-state index contributed by atoms with van der Waals surface area (Å²) in [5.41, 5.74) is 2.13. The van der Waals surface area contributed by atoms with Crippen molar-refractivity contribution in [3.05, 3.63) is 51.9 Å². The average molecular weight is 307 g/mol. The van der Waals surface area contributed by atoms with Crippen LogP contribution >= 0.6 is 11.6 Å². The summed E-state index contributed by atoms with van der Waals surface area (Å²) in [5, 5.41) is 7.55. The van der Waals surface area contributed by atoms with Crippen LogP contribution < -0.4 is 5.32 Å². The van der Waals surface area contributed by atoms with E-state index in [-0.39, 0.29) is 17.9 Å². The van der Waals surface area contributed by atoms with Crippen molar-refractivity contribution in [2.24, 2.45) is 5.92 Å². The van der Waals surface area contributed by atoms with Crippen LogP contribution in [0.5, 0.6) is 0 Å². The molecule has 0 spiro atoms. The van der Waals surface area contributed by atoms with Gasteiger partial charge in [-0.15, -0.1) is 0 Å². The number of nitrogens with zero attached hydrogens (tertiary/aromatic N) is 1. The standard InChI is InChI=1S/C16H19ClN2O2/c1-9(2)15(12-5-7-13(17)8-6-12)18-16(20)14-10(3)19-21-11(14)4/h5-9,15H,1-4H3,(H,18,20)/t15-/m0/s1. The second-order valence-electron chi connectivity index (χ2n) is 5.45. The number of benzene rings is 1. The van der Waals surface area contributed by atoms with Crippen molar-refractivity contribution < 1.29 is 9.32 Å². The Morgan fingerprint density at radius 2 is 1.86 bits per heavy atom. The highest BCUT2D eigenvalue weighted by atomic mass is 35.5. The predicted molar refractivity (Wildman–Crippen MR) is 82.5 cm³/mol. The normalized spacial score (nSPS) is 12.5. The molecule has 2 aromatic rings. The third kappa shape index (κ3) is 3.45. The van der Waals surface area contributed by atoms with Gasteiger partial charge in [0.25, 0.3) is 5.91 Å². The molecule has 4 nitrogen and oxygen atoms in total. The van der Waals surface area contributed by atoms with Gasteiger partial charge in [-0.05, 0) is 37.5 Å². The molecule has 1 aromatic carbocycles. The molecule has 5 heteroatoms. The van der Waals surface area contributed by atoms with E-state index in [1.54, 1.807) is 13.8 Å². The number of nitrogens with one attached hydrogen (secondary N) is 1. The molecule has 2 rings (SSSR count). The van der Waals surface area contributed by atoms with E-state index in [1.807, 2.05) is 24.3 Å². The maximum Gasteiger partial charge on any atom is 0.257 e. The quantitative estimate of drug-likeness (QED) is 0.926. The first-order valence-electron chi connectivity index (χ1n) is 6.89. The molecule has 1 atom stereocenters. The predicted octanol–water partition coefficient (Wildman–Crippen LogP) is 4.07. The van der Waals surface area contributed by atoms with E-state index < -0.39 is 0 Å². The van der Waals surface area contributed by atoms with Gasteiger partial charge in [0.2, 0.25) is 0 Å². The molecule has 1 N–H and O–H groups in total. The Kier molecular flexibility index (Phi) is 4.68. The zero-order chi connectivity index (χ0) is 15.6. The molecule has 1 aromatic heterocycles. The smallest absolute Gasteiger partial charge is 0.257 e. The molecular weight excluding hydrogens is 288 g/mol. The number of aryl methyl sites for hydroxylation is 2. The van der Waals surface area contributed by atoms with Crippen LogP contribution in [0.3, 0.4) is 0 Å². The van der Waals surface area contributed by atoms with Crippen LogP contribution in [0.4, 0.5) is 0 Å². The van der Waals surface area contributed by atoms with Crippen LogP contribution in [0, 0.1) is 19.8 Å². The van der Waals surface area contributed by atoms with Crippen LogP contribution in [-0.2, 0) is 0 Å². The van der Waals surface area contributed by atoms with E-state index in [4.69, 9.17) is 16.1 Å². The summed E-state index contributed by atoms with van der Waals surface area (Å²) in [5.74, 6) is 0.610. The van der Waals surface area contributed by atoms with Crippen molar-refractivity contribution >= 4 is 17.5 Å². The number of aromatic nitrogens is 1. The van der Waals surface area contributed by atoms with E-state index in [0.717, 1.165) is 5.56 Å². The molecular formula is C16H19ClN2O2. The fourth-order valence-electron chi connectivity index (χ4n) is 2.33. The van der Waals surface area contributed by atoms with E-state index in [9.17, 15) is 4.79 Å².